The maximum Gasteiger partial charge on any atom is 0.507 e. The summed E-state index contributed by atoms with van der Waals surface area (Å²) in [5, 5.41) is 0. The Morgan fingerprint density at radius 2 is 1.50 bits per heavy atom. The van der Waals surface area contributed by atoms with Crippen molar-refractivity contribution in [1.29, 1.82) is 0 Å². The fourth-order valence-electron chi connectivity index (χ4n) is 0.901. The maximum absolute atomic E-state index is 10.8. The summed E-state index contributed by atoms with van der Waals surface area (Å²) in [5.74, 6) is 0.696. The topological polar surface area (TPSA) is 69.7 Å². The zero-order valence-electron chi connectivity index (χ0n) is 10.5. The van der Waals surface area contributed by atoms with Crippen LogP contribution in [-0.2, 0) is 19.3 Å². The average Bonchev–Trinajstić information content (AvgIpc) is 2.18. The minimum Gasteiger partial charge on any atom is -0.438 e. The number of methoxy groups -OCH3 is 1. The van der Waals surface area contributed by atoms with E-state index in [-0.39, 0.29) is 0 Å². The summed E-state index contributed by atoms with van der Waals surface area (Å²) in [6.07, 6.45) is 0.854. The molecule has 0 fully saturated rings. The molecule has 0 spiro atoms. The van der Waals surface area contributed by atoms with E-state index in [0.29, 0.717) is 18.1 Å². The molecular weight excluding hydrogens is 232 g/mol. The Kier molecular flexibility index (Phi) is 11.8. The second kappa shape index (κ2) is 10.7. The van der Waals surface area contributed by atoms with Crippen molar-refractivity contribution >= 4 is 16.0 Å². The molecule has 16 heavy (non-hydrogen) atoms. The van der Waals surface area contributed by atoms with Gasteiger partial charge in [-0.25, -0.2) is 13.2 Å². The Labute approximate surface area is 98.0 Å². The van der Waals surface area contributed by atoms with Crippen molar-refractivity contribution < 1.29 is 22.7 Å². The predicted molar refractivity (Wildman–Crippen MR) is 63.3 cm³/mol. The van der Waals surface area contributed by atoms with E-state index < -0.39 is 16.0 Å². The summed E-state index contributed by atoms with van der Waals surface area (Å²) in [6.45, 7) is 5.85. The number of sulfone groups is 1. The Hall–Kier alpha value is -0.780. The van der Waals surface area contributed by atoms with E-state index in [1.807, 2.05) is 13.8 Å². The first-order valence-electron chi connectivity index (χ1n) is 5.34. The lowest BCUT2D eigenvalue weighted by Crippen LogP contribution is -2.08. The fraction of sp³-hybridized carbons (Fsp3) is 0.900. The molecule has 0 radical (unpaired) electrons. The van der Waals surface area contributed by atoms with Gasteiger partial charge >= 0.3 is 6.16 Å². The Morgan fingerprint density at radius 1 is 1.06 bits per heavy atom. The van der Waals surface area contributed by atoms with E-state index in [0.717, 1.165) is 12.8 Å². The molecule has 0 amide bonds. The molecule has 0 N–H and O–H groups in total. The highest BCUT2D eigenvalue weighted by molar-refractivity contribution is 7.91. The van der Waals surface area contributed by atoms with Crippen LogP contribution >= 0.6 is 0 Å². The molecule has 5 nitrogen and oxygen atoms in total. The fourth-order valence-corrected chi connectivity index (χ4v) is 2.35. The number of ether oxygens (including phenoxy) is 2. The van der Waals surface area contributed by atoms with E-state index in [9.17, 15) is 13.2 Å². The van der Waals surface area contributed by atoms with Crippen LogP contribution in [0.2, 0.25) is 0 Å². The molecule has 0 aromatic carbocycles. The summed E-state index contributed by atoms with van der Waals surface area (Å²) in [6, 6.07) is 0. The van der Waals surface area contributed by atoms with Gasteiger partial charge in [0.2, 0.25) is 0 Å². The molecule has 0 aromatic heterocycles. The molecule has 0 bridgehead atoms. The third-order valence-corrected chi connectivity index (χ3v) is 3.52. The van der Waals surface area contributed by atoms with Gasteiger partial charge in [0.1, 0.15) is 9.84 Å². The molecule has 6 heteroatoms. The van der Waals surface area contributed by atoms with Crippen molar-refractivity contribution in [2.75, 3.05) is 25.2 Å². The third-order valence-electron chi connectivity index (χ3n) is 1.46. The maximum atomic E-state index is 10.8. The van der Waals surface area contributed by atoms with E-state index in [4.69, 9.17) is 0 Å². The molecule has 98 valence electrons. The molecule has 0 atom stereocenters. The standard InChI is InChI=1S/C6H14O2S.C4H8O3/c1-3-5-9(7,8)6-4-2;1-3-7-4(5)6-2/h3-6H2,1-2H3;3H2,1-2H3. The highest BCUT2D eigenvalue weighted by Gasteiger charge is 2.05. The summed E-state index contributed by atoms with van der Waals surface area (Å²) in [5.41, 5.74) is 0. The van der Waals surface area contributed by atoms with Gasteiger partial charge in [-0.2, -0.15) is 0 Å². The Morgan fingerprint density at radius 3 is 1.69 bits per heavy atom. The van der Waals surface area contributed by atoms with Crippen LogP contribution in [0.5, 0.6) is 0 Å². The van der Waals surface area contributed by atoms with Crippen molar-refractivity contribution in [3.8, 4) is 0 Å². The number of rotatable bonds is 5. The minimum absolute atomic E-state index is 0.348. The van der Waals surface area contributed by atoms with Gasteiger partial charge in [-0.05, 0) is 19.8 Å². The molecule has 0 saturated carbocycles. The normalized spacial score (nSPS) is 10.0. The van der Waals surface area contributed by atoms with E-state index >= 15 is 0 Å². The monoisotopic (exact) mass is 254 g/mol. The Bertz CT molecular complexity index is 246. The Balaban J connectivity index is 0. The lowest BCUT2D eigenvalue weighted by Gasteiger charge is -1.96. The zero-order chi connectivity index (χ0) is 13.0. The van der Waals surface area contributed by atoms with Gasteiger partial charge in [-0.3, -0.25) is 0 Å². The van der Waals surface area contributed by atoms with Crippen LogP contribution < -0.4 is 0 Å². The van der Waals surface area contributed by atoms with Crippen LogP contribution in [0.25, 0.3) is 0 Å². The van der Waals surface area contributed by atoms with E-state index in [1.165, 1.54) is 7.11 Å². The molecule has 0 aromatic rings. The van der Waals surface area contributed by atoms with Gasteiger partial charge in [-0.1, -0.05) is 13.8 Å². The van der Waals surface area contributed by atoms with Crippen LogP contribution in [-0.4, -0.2) is 39.8 Å². The molecule has 0 aliphatic carbocycles. The zero-order valence-corrected chi connectivity index (χ0v) is 11.3. The quantitative estimate of drug-likeness (QED) is 0.702. The average molecular weight is 254 g/mol. The number of carbonyl (C=O) groups is 1. The van der Waals surface area contributed by atoms with Gasteiger partial charge < -0.3 is 9.47 Å². The largest absolute Gasteiger partial charge is 0.507 e. The summed E-state index contributed by atoms with van der Waals surface area (Å²) < 4.78 is 30.1. The molecule has 0 heterocycles. The van der Waals surface area contributed by atoms with E-state index in [1.54, 1.807) is 6.92 Å². The molecule has 0 rings (SSSR count). The SMILES string of the molecule is CCCS(=O)(=O)CCC.CCOC(=O)OC. The molecule has 0 aliphatic rings. The first kappa shape index (κ1) is 17.6. The van der Waals surface area contributed by atoms with Gasteiger partial charge in [0.15, 0.2) is 0 Å². The van der Waals surface area contributed by atoms with Crippen LogP contribution in [0.4, 0.5) is 4.79 Å². The summed E-state index contributed by atoms with van der Waals surface area (Å²) >= 11 is 0. The second-order valence-corrected chi connectivity index (χ2v) is 5.34. The minimum atomic E-state index is -2.68. The predicted octanol–water partition coefficient (Wildman–Crippen LogP) is 2.01. The lowest BCUT2D eigenvalue weighted by molar-refractivity contribution is 0.0771. The number of hydrogen-bond acceptors (Lipinski definition) is 5. The molecule has 0 aliphatic heterocycles. The molecule has 0 saturated heterocycles. The third kappa shape index (κ3) is 13.2. The highest BCUT2D eigenvalue weighted by atomic mass is 32.2. The van der Waals surface area contributed by atoms with Crippen molar-refractivity contribution in [3.63, 3.8) is 0 Å². The van der Waals surface area contributed by atoms with Crippen LogP contribution in [0.1, 0.15) is 33.6 Å². The smallest absolute Gasteiger partial charge is 0.438 e. The van der Waals surface area contributed by atoms with Crippen molar-refractivity contribution in [2.24, 2.45) is 0 Å². The second-order valence-electron chi connectivity index (χ2n) is 3.04. The van der Waals surface area contributed by atoms with Crippen LogP contribution in [0.15, 0.2) is 0 Å². The van der Waals surface area contributed by atoms with Gasteiger partial charge in [0.05, 0.1) is 13.7 Å². The summed E-state index contributed by atoms with van der Waals surface area (Å²) in [4.78, 5) is 9.97. The summed E-state index contributed by atoms with van der Waals surface area (Å²) in [7, 11) is -1.41. The first-order chi connectivity index (χ1) is 7.43. The lowest BCUT2D eigenvalue weighted by atomic mass is 10.6. The van der Waals surface area contributed by atoms with Crippen LogP contribution in [0.3, 0.4) is 0 Å². The van der Waals surface area contributed by atoms with Gasteiger partial charge in [-0.15, -0.1) is 0 Å². The van der Waals surface area contributed by atoms with Crippen molar-refractivity contribution in [2.45, 2.75) is 33.6 Å². The first-order valence-corrected chi connectivity index (χ1v) is 7.16. The number of carbonyl (C=O) groups excluding carboxylic acids is 1. The molecular formula is C10H22O5S. The highest BCUT2D eigenvalue weighted by Crippen LogP contribution is 1.94. The van der Waals surface area contributed by atoms with Crippen molar-refractivity contribution in [3.05, 3.63) is 0 Å². The van der Waals surface area contributed by atoms with Gasteiger partial charge in [0.25, 0.3) is 0 Å². The van der Waals surface area contributed by atoms with E-state index in [2.05, 4.69) is 9.47 Å². The van der Waals surface area contributed by atoms with Crippen molar-refractivity contribution in [1.82, 2.24) is 0 Å². The molecule has 0 unspecified atom stereocenters. The number of hydrogen-bond donors (Lipinski definition) is 0. The van der Waals surface area contributed by atoms with Gasteiger partial charge in [0, 0.05) is 11.5 Å². The van der Waals surface area contributed by atoms with Crippen LogP contribution in [0, 0.1) is 0 Å².